The molecule has 5 nitrogen and oxygen atoms in total. The standard InChI is InChI=1S/C51H32N4O/c1-4-16-33(17-5-1)36-30-37(32-38(31-36)55-44-27-12-10-22-40(44)41-23-11-13-28-45(41)55)39-24-14-25-42-47-43(26-15-29-46(47)56-48(39)42)51-53-49(34-18-6-2-7-19-34)52-50(54-51)35-20-8-3-9-21-35/h1-32H/i10D,11D,22D,23D,27D,28D. The minimum Gasteiger partial charge on any atom is -0.455 e. The van der Waals surface area contributed by atoms with Gasteiger partial charge < -0.3 is 8.98 Å². The van der Waals surface area contributed by atoms with Crippen molar-refractivity contribution < 1.29 is 12.6 Å². The highest BCUT2D eigenvalue weighted by Crippen LogP contribution is 2.42. The van der Waals surface area contributed by atoms with Gasteiger partial charge in [0.15, 0.2) is 17.5 Å². The van der Waals surface area contributed by atoms with Gasteiger partial charge >= 0.3 is 0 Å². The molecule has 11 aromatic rings. The lowest BCUT2D eigenvalue weighted by atomic mass is 9.96. The van der Waals surface area contributed by atoms with E-state index in [0.717, 1.165) is 49.7 Å². The van der Waals surface area contributed by atoms with Gasteiger partial charge in [0.25, 0.3) is 0 Å². The van der Waals surface area contributed by atoms with Crippen molar-refractivity contribution >= 4 is 43.7 Å². The van der Waals surface area contributed by atoms with Crippen LogP contribution in [-0.4, -0.2) is 19.5 Å². The summed E-state index contributed by atoms with van der Waals surface area (Å²) in [7, 11) is 0. The average molecular weight is 723 g/mol. The van der Waals surface area contributed by atoms with E-state index in [1.165, 1.54) is 12.1 Å². The molecule has 0 spiro atoms. The molecule has 0 N–H and O–H groups in total. The van der Waals surface area contributed by atoms with E-state index in [2.05, 4.69) is 6.07 Å². The van der Waals surface area contributed by atoms with Crippen molar-refractivity contribution in [3.8, 4) is 62.1 Å². The Bertz CT molecular complexity index is 3460. The van der Waals surface area contributed by atoms with E-state index in [9.17, 15) is 0 Å². The van der Waals surface area contributed by atoms with Crippen LogP contribution < -0.4 is 0 Å². The number of hydrogen-bond acceptors (Lipinski definition) is 4. The van der Waals surface area contributed by atoms with Gasteiger partial charge in [-0.2, -0.15) is 0 Å². The lowest BCUT2D eigenvalue weighted by molar-refractivity contribution is 0.670. The van der Waals surface area contributed by atoms with Crippen molar-refractivity contribution in [1.29, 1.82) is 0 Å². The van der Waals surface area contributed by atoms with Crippen molar-refractivity contribution in [3.05, 3.63) is 194 Å². The first-order valence-electron chi connectivity index (χ1n) is 21.3. The second-order valence-electron chi connectivity index (χ2n) is 13.5. The second kappa shape index (κ2) is 13.0. The van der Waals surface area contributed by atoms with Gasteiger partial charge in [-0.05, 0) is 53.0 Å². The molecule has 0 saturated carbocycles. The first-order chi connectivity index (χ1) is 30.2. The van der Waals surface area contributed by atoms with E-state index in [4.69, 9.17) is 27.6 Å². The molecular weight excluding hydrogens is 685 g/mol. The van der Waals surface area contributed by atoms with Gasteiger partial charge in [-0.15, -0.1) is 0 Å². The summed E-state index contributed by atoms with van der Waals surface area (Å²) in [5.41, 5.74) is 8.30. The van der Waals surface area contributed by atoms with E-state index in [1.807, 2.05) is 140 Å². The maximum Gasteiger partial charge on any atom is 0.164 e. The highest BCUT2D eigenvalue weighted by molar-refractivity contribution is 6.15. The van der Waals surface area contributed by atoms with Crippen LogP contribution in [0.3, 0.4) is 0 Å². The molecule has 0 atom stereocenters. The quantitative estimate of drug-likeness (QED) is 0.171. The van der Waals surface area contributed by atoms with E-state index in [1.54, 1.807) is 4.57 Å². The van der Waals surface area contributed by atoms with Crippen LogP contribution in [0, 0.1) is 0 Å². The Morgan fingerprint density at radius 2 is 0.982 bits per heavy atom. The fraction of sp³-hybridized carbons (Fsp3) is 0. The maximum absolute atomic E-state index is 9.12. The number of hydrogen-bond donors (Lipinski definition) is 0. The van der Waals surface area contributed by atoms with Gasteiger partial charge in [-0.3, -0.25) is 0 Å². The van der Waals surface area contributed by atoms with Crippen LogP contribution in [0.25, 0.3) is 106 Å². The molecular formula is C51H32N4O. The summed E-state index contributed by atoms with van der Waals surface area (Å²) in [5.74, 6) is 1.60. The molecule has 0 aliphatic heterocycles. The molecule has 5 heteroatoms. The molecule has 0 bridgehead atoms. The Balaban J connectivity index is 1.18. The molecule has 0 radical (unpaired) electrons. The molecule has 3 aromatic heterocycles. The molecule has 0 amide bonds. The minimum absolute atomic E-state index is 0.0229. The number of para-hydroxylation sites is 3. The fourth-order valence-corrected chi connectivity index (χ4v) is 7.66. The highest BCUT2D eigenvalue weighted by atomic mass is 16.3. The van der Waals surface area contributed by atoms with Crippen LogP contribution in [0.5, 0.6) is 0 Å². The zero-order valence-electron chi connectivity index (χ0n) is 35.7. The largest absolute Gasteiger partial charge is 0.455 e. The Hall–Kier alpha value is -7.63. The monoisotopic (exact) mass is 722 g/mol. The van der Waals surface area contributed by atoms with Gasteiger partial charge in [0.1, 0.15) is 11.2 Å². The molecule has 0 fully saturated rings. The summed E-state index contributed by atoms with van der Waals surface area (Å²) < 4.78 is 61.7. The van der Waals surface area contributed by atoms with E-state index in [-0.39, 0.29) is 47.0 Å². The van der Waals surface area contributed by atoms with Gasteiger partial charge in [0.05, 0.1) is 19.3 Å². The molecule has 3 heterocycles. The number of furan rings is 1. The molecule has 0 aliphatic carbocycles. The molecule has 0 aliphatic rings. The van der Waals surface area contributed by atoms with E-state index >= 15 is 0 Å². The zero-order chi connectivity index (χ0) is 42.2. The Kier molecular flexibility index (Phi) is 6.10. The molecule has 11 rings (SSSR count). The number of fused-ring (bicyclic) bond motifs is 6. The van der Waals surface area contributed by atoms with Crippen LogP contribution in [0.4, 0.5) is 0 Å². The number of rotatable bonds is 6. The van der Waals surface area contributed by atoms with Crippen molar-refractivity contribution in [3.63, 3.8) is 0 Å². The van der Waals surface area contributed by atoms with Crippen LogP contribution in [0.15, 0.2) is 198 Å². The van der Waals surface area contributed by atoms with Gasteiger partial charge in [0, 0.05) is 49.5 Å². The van der Waals surface area contributed by atoms with Crippen LogP contribution in [-0.2, 0) is 0 Å². The molecule has 262 valence electrons. The third-order valence-electron chi connectivity index (χ3n) is 10.2. The Labute approximate surface area is 331 Å². The fourth-order valence-electron chi connectivity index (χ4n) is 7.66. The number of nitrogens with zero attached hydrogens (tertiary/aromatic N) is 4. The number of benzene rings is 8. The summed E-state index contributed by atoms with van der Waals surface area (Å²) >= 11 is 0. The molecule has 0 unspecified atom stereocenters. The predicted octanol–water partition coefficient (Wildman–Crippen LogP) is 13.2. The summed E-state index contributed by atoms with van der Waals surface area (Å²) in [6, 6.07) is 49.5. The van der Waals surface area contributed by atoms with Crippen LogP contribution >= 0.6 is 0 Å². The summed E-state index contributed by atoms with van der Waals surface area (Å²) in [6.45, 7) is 0. The van der Waals surface area contributed by atoms with Crippen molar-refractivity contribution in [2.75, 3.05) is 0 Å². The predicted molar refractivity (Wildman–Crippen MR) is 229 cm³/mol. The Morgan fingerprint density at radius 1 is 0.429 bits per heavy atom. The molecule has 8 aromatic carbocycles. The lowest BCUT2D eigenvalue weighted by Gasteiger charge is -2.14. The maximum atomic E-state index is 9.12. The zero-order valence-corrected chi connectivity index (χ0v) is 29.7. The van der Waals surface area contributed by atoms with Crippen molar-refractivity contribution in [1.82, 2.24) is 19.5 Å². The van der Waals surface area contributed by atoms with Crippen molar-refractivity contribution in [2.45, 2.75) is 0 Å². The third-order valence-corrected chi connectivity index (χ3v) is 10.2. The average Bonchev–Trinajstić information content (AvgIpc) is 3.89. The second-order valence-corrected chi connectivity index (χ2v) is 13.5. The van der Waals surface area contributed by atoms with E-state index in [0.29, 0.717) is 45.4 Å². The van der Waals surface area contributed by atoms with Gasteiger partial charge in [-0.25, -0.2) is 15.0 Å². The van der Waals surface area contributed by atoms with Crippen molar-refractivity contribution in [2.24, 2.45) is 0 Å². The SMILES string of the molecule is [2H]c1cc([2H])c2c(c1[2H])c1c([2H])c([2H])cc([2H])c1n2-c1cc(-c2ccccc2)cc(-c2cccc3c2oc2cccc(-c4nc(-c5ccccc5)nc(-c5ccccc5)n4)c23)c1. The normalized spacial score (nSPS) is 13.1. The first kappa shape index (κ1) is 26.2. The highest BCUT2D eigenvalue weighted by Gasteiger charge is 2.21. The van der Waals surface area contributed by atoms with Gasteiger partial charge in [0.2, 0.25) is 0 Å². The van der Waals surface area contributed by atoms with Crippen LogP contribution in [0.2, 0.25) is 0 Å². The molecule has 0 saturated heterocycles. The first-order valence-corrected chi connectivity index (χ1v) is 18.3. The topological polar surface area (TPSA) is 56.7 Å². The van der Waals surface area contributed by atoms with Crippen LogP contribution in [0.1, 0.15) is 8.22 Å². The summed E-state index contributed by atoms with van der Waals surface area (Å²) in [5, 5.41) is 2.10. The summed E-state index contributed by atoms with van der Waals surface area (Å²) in [6.07, 6.45) is 0. The van der Waals surface area contributed by atoms with Gasteiger partial charge in [-0.1, -0.05) is 158 Å². The van der Waals surface area contributed by atoms with E-state index < -0.39 is 0 Å². The summed E-state index contributed by atoms with van der Waals surface area (Å²) in [4.78, 5) is 15.0. The smallest absolute Gasteiger partial charge is 0.164 e. The number of aromatic nitrogens is 4. The Morgan fingerprint density at radius 3 is 1.62 bits per heavy atom. The third kappa shape index (κ3) is 5.29. The molecule has 56 heavy (non-hydrogen) atoms. The minimum atomic E-state index is -0.165. The lowest BCUT2D eigenvalue weighted by Crippen LogP contribution is -2.00.